The normalized spacial score (nSPS) is 16.3. The molecule has 216 valence electrons. The third kappa shape index (κ3) is 5.10. The number of hydrogen-bond donors (Lipinski definition) is 0. The molecule has 3 aromatic carbocycles. The second kappa shape index (κ2) is 10.8. The van der Waals surface area contributed by atoms with Crippen molar-refractivity contribution in [2.24, 2.45) is 0 Å². The van der Waals surface area contributed by atoms with E-state index in [0.29, 0.717) is 25.0 Å². The summed E-state index contributed by atoms with van der Waals surface area (Å²) in [6.45, 7) is -1.18. The summed E-state index contributed by atoms with van der Waals surface area (Å²) in [4.78, 5) is -0.207. The molecule has 1 aliphatic rings. The van der Waals surface area contributed by atoms with Crippen LogP contribution in [0.2, 0.25) is 10.0 Å². The first-order chi connectivity index (χ1) is 18.6. The molecule has 0 atom stereocenters. The van der Waals surface area contributed by atoms with Crippen LogP contribution in [0.25, 0.3) is 0 Å². The molecule has 40 heavy (non-hydrogen) atoms. The smallest absolute Gasteiger partial charge is 0.349 e. The maximum absolute atomic E-state index is 14.3. The largest absolute Gasteiger partial charge is 0.430 e. The maximum atomic E-state index is 14.3. The van der Waals surface area contributed by atoms with Gasteiger partial charge in [-0.3, -0.25) is 0 Å². The van der Waals surface area contributed by atoms with Crippen LogP contribution in [0, 0.1) is 5.82 Å². The Kier molecular flexibility index (Phi) is 8.28. The van der Waals surface area contributed by atoms with Crippen LogP contribution in [0.4, 0.5) is 30.7 Å². The van der Waals surface area contributed by atoms with Gasteiger partial charge in [-0.05, 0) is 54.3 Å². The highest BCUT2D eigenvalue weighted by molar-refractivity contribution is 7.92. The lowest BCUT2D eigenvalue weighted by Crippen LogP contribution is -2.55. The first-order valence-electron chi connectivity index (χ1n) is 11.9. The summed E-state index contributed by atoms with van der Waals surface area (Å²) in [5.74, 6) is -0.668. The predicted octanol–water partition coefficient (Wildman–Crippen LogP) is 8.91. The second-order valence-electron chi connectivity index (χ2n) is 9.41. The van der Waals surface area contributed by atoms with Gasteiger partial charge >= 0.3 is 12.4 Å². The molecule has 0 unspecified atom stereocenters. The summed E-state index contributed by atoms with van der Waals surface area (Å²) in [6.07, 6.45) is -10.9. The highest BCUT2D eigenvalue weighted by atomic mass is 35.5. The van der Waals surface area contributed by atoms with E-state index in [-0.39, 0.29) is 38.9 Å². The molecule has 0 heterocycles. The Hall–Kier alpha value is -2.34. The highest BCUT2D eigenvalue weighted by Crippen LogP contribution is 2.54. The van der Waals surface area contributed by atoms with Crippen molar-refractivity contribution in [3.05, 3.63) is 99.3 Å². The second-order valence-corrected chi connectivity index (χ2v) is 12.5. The van der Waals surface area contributed by atoms with Crippen molar-refractivity contribution in [3.63, 3.8) is 0 Å². The summed E-state index contributed by atoms with van der Waals surface area (Å²) >= 11 is 11.8. The van der Waals surface area contributed by atoms with Crippen molar-refractivity contribution < 1.29 is 43.9 Å². The Bertz CT molecular complexity index is 1450. The summed E-state index contributed by atoms with van der Waals surface area (Å²) in [5, 5.41) is -0.340. The Morgan fingerprint density at radius 3 is 1.88 bits per heavy atom. The van der Waals surface area contributed by atoms with Crippen molar-refractivity contribution in [1.82, 2.24) is 0 Å². The van der Waals surface area contributed by atoms with Crippen LogP contribution in [0.15, 0.2) is 71.6 Å². The van der Waals surface area contributed by atoms with Gasteiger partial charge in [0.15, 0.2) is 9.84 Å². The van der Waals surface area contributed by atoms with E-state index in [4.69, 9.17) is 23.2 Å². The molecule has 1 aliphatic carbocycles. The number of alkyl halides is 6. The van der Waals surface area contributed by atoms with E-state index in [9.17, 15) is 39.2 Å². The van der Waals surface area contributed by atoms with Crippen LogP contribution in [-0.2, 0) is 31.5 Å². The minimum atomic E-state index is -5.97. The molecule has 0 amide bonds. The van der Waals surface area contributed by atoms with Crippen molar-refractivity contribution >= 4 is 33.0 Å². The molecule has 0 N–H and O–H groups in total. The third-order valence-electron chi connectivity index (χ3n) is 7.14. The van der Waals surface area contributed by atoms with Gasteiger partial charge in [0.2, 0.25) is 0 Å². The summed E-state index contributed by atoms with van der Waals surface area (Å²) < 4.78 is 130. The molecule has 0 spiro atoms. The molecule has 0 saturated heterocycles. The molecule has 0 bridgehead atoms. The van der Waals surface area contributed by atoms with E-state index in [1.54, 1.807) is 0 Å². The SMILES string of the molecule is O=S(=O)(c1ccc(F)cc1)C1(c2ccc(C(OCc3cccc(Cl)c3Cl)(C(F)(F)F)C(F)(F)F)cc2)CCCC1. The molecule has 3 nitrogen and oxygen atoms in total. The van der Waals surface area contributed by atoms with E-state index in [0.717, 1.165) is 36.4 Å². The Morgan fingerprint density at radius 1 is 0.800 bits per heavy atom. The zero-order chi connectivity index (χ0) is 29.6. The molecule has 4 rings (SSSR count). The van der Waals surface area contributed by atoms with E-state index >= 15 is 0 Å². The van der Waals surface area contributed by atoms with Gasteiger partial charge in [-0.1, -0.05) is 72.4 Å². The summed E-state index contributed by atoms with van der Waals surface area (Å²) in [7, 11) is -4.20. The van der Waals surface area contributed by atoms with Crippen LogP contribution < -0.4 is 0 Å². The molecule has 13 heteroatoms. The summed E-state index contributed by atoms with van der Waals surface area (Å²) in [5.41, 5.74) is -6.22. The first kappa shape index (κ1) is 30.6. The lowest BCUT2D eigenvalue weighted by Gasteiger charge is -2.38. The number of hydrogen-bond acceptors (Lipinski definition) is 3. The summed E-state index contributed by atoms with van der Waals surface area (Å²) in [6, 6.07) is 10.9. The molecule has 0 radical (unpaired) electrons. The predicted molar refractivity (Wildman–Crippen MR) is 135 cm³/mol. The molecular weight excluding hydrogens is 608 g/mol. The fourth-order valence-electron chi connectivity index (χ4n) is 5.09. The molecule has 3 aromatic rings. The maximum Gasteiger partial charge on any atom is 0.430 e. The van der Waals surface area contributed by atoms with Gasteiger partial charge in [-0.15, -0.1) is 0 Å². The average Bonchev–Trinajstić information content (AvgIpc) is 3.38. The van der Waals surface area contributed by atoms with Crippen LogP contribution in [-0.4, -0.2) is 20.8 Å². The van der Waals surface area contributed by atoms with Crippen LogP contribution in [0.3, 0.4) is 0 Å². The van der Waals surface area contributed by atoms with Gasteiger partial charge in [0.25, 0.3) is 5.60 Å². The fraction of sp³-hybridized carbons (Fsp3) is 0.333. The molecular formula is C27H21Cl2F7O3S. The van der Waals surface area contributed by atoms with Crippen LogP contribution in [0.5, 0.6) is 0 Å². The minimum Gasteiger partial charge on any atom is -0.349 e. The van der Waals surface area contributed by atoms with Gasteiger partial charge in [0, 0.05) is 5.56 Å². The Balaban J connectivity index is 1.81. The molecule has 0 aromatic heterocycles. The number of sulfone groups is 1. The number of benzene rings is 3. The minimum absolute atomic E-state index is 0.0224. The van der Waals surface area contributed by atoms with E-state index < -0.39 is 50.5 Å². The van der Waals surface area contributed by atoms with Crippen LogP contribution in [0.1, 0.15) is 42.4 Å². The van der Waals surface area contributed by atoms with Crippen molar-refractivity contribution in [3.8, 4) is 0 Å². The highest BCUT2D eigenvalue weighted by Gasteiger charge is 2.73. The zero-order valence-corrected chi connectivity index (χ0v) is 22.7. The topological polar surface area (TPSA) is 43.4 Å². The molecule has 0 aliphatic heterocycles. The molecule has 1 saturated carbocycles. The Morgan fingerprint density at radius 2 is 1.35 bits per heavy atom. The van der Waals surface area contributed by atoms with Crippen molar-refractivity contribution in [2.75, 3.05) is 0 Å². The third-order valence-corrected chi connectivity index (χ3v) is 10.6. The lowest BCUT2D eigenvalue weighted by atomic mass is 9.88. The number of halogens is 9. The van der Waals surface area contributed by atoms with Gasteiger partial charge < -0.3 is 4.74 Å². The van der Waals surface area contributed by atoms with E-state index in [1.807, 2.05) is 0 Å². The van der Waals surface area contributed by atoms with Gasteiger partial charge in [-0.2, -0.15) is 26.3 Å². The monoisotopic (exact) mass is 628 g/mol. The zero-order valence-electron chi connectivity index (χ0n) is 20.4. The van der Waals surface area contributed by atoms with Gasteiger partial charge in [-0.25, -0.2) is 12.8 Å². The van der Waals surface area contributed by atoms with Crippen molar-refractivity contribution in [2.45, 2.75) is 59.9 Å². The quantitative estimate of drug-likeness (QED) is 0.194. The van der Waals surface area contributed by atoms with E-state index in [2.05, 4.69) is 4.74 Å². The van der Waals surface area contributed by atoms with E-state index in [1.165, 1.54) is 18.2 Å². The standard InChI is InChI=1S/C27H21Cl2F7O3S/c28-22-5-3-4-17(23(22)29)16-39-25(26(31,32)33,27(34,35)36)19-8-6-18(7-9-19)24(14-1-2-15-24)40(37,38)21-12-10-20(30)11-13-21/h3-13H,1-2,14-16H2. The first-order valence-corrected chi connectivity index (χ1v) is 14.1. The van der Waals surface area contributed by atoms with Gasteiger partial charge in [0.1, 0.15) is 10.6 Å². The van der Waals surface area contributed by atoms with Crippen LogP contribution >= 0.6 is 23.2 Å². The number of rotatable bonds is 7. The van der Waals surface area contributed by atoms with Gasteiger partial charge in [0.05, 0.1) is 21.5 Å². The average molecular weight is 629 g/mol. The lowest BCUT2D eigenvalue weighted by molar-refractivity contribution is -0.392. The number of ether oxygens (including phenoxy) is 1. The Labute approximate surface area is 235 Å². The van der Waals surface area contributed by atoms with Crippen molar-refractivity contribution in [1.29, 1.82) is 0 Å². The molecule has 1 fully saturated rings. The fourth-order valence-corrected chi connectivity index (χ4v) is 7.68.